The number of carbonyl (C=O) groups is 1. The molecular formula is C5H11Cl2NO. The Morgan fingerprint density at radius 2 is 1.78 bits per heavy atom. The molecule has 1 aliphatic rings. The Labute approximate surface area is 67.0 Å². The second-order valence-electron chi connectivity index (χ2n) is 2.03. The molecule has 1 fully saturated rings. The van der Waals surface area contributed by atoms with Crippen molar-refractivity contribution in [1.29, 1.82) is 0 Å². The highest BCUT2D eigenvalue weighted by atomic mass is 35.5. The van der Waals surface area contributed by atoms with Crippen LogP contribution in [0, 0.1) is 5.92 Å². The molecule has 1 amide bonds. The zero-order valence-electron chi connectivity index (χ0n) is 5.00. The molecule has 0 radical (unpaired) electrons. The maximum absolute atomic E-state index is 10.2. The Hall–Kier alpha value is 0.0500. The van der Waals surface area contributed by atoms with Gasteiger partial charge in [-0.3, -0.25) is 4.79 Å². The van der Waals surface area contributed by atoms with Crippen LogP contribution >= 0.6 is 24.8 Å². The Morgan fingerprint density at radius 1 is 1.33 bits per heavy atom. The summed E-state index contributed by atoms with van der Waals surface area (Å²) in [5.41, 5.74) is 4.96. The minimum absolute atomic E-state index is 0. The summed E-state index contributed by atoms with van der Waals surface area (Å²) >= 11 is 0. The van der Waals surface area contributed by atoms with E-state index in [1.807, 2.05) is 0 Å². The van der Waals surface area contributed by atoms with E-state index < -0.39 is 0 Å². The lowest BCUT2D eigenvalue weighted by Gasteiger charge is -2.20. The van der Waals surface area contributed by atoms with Gasteiger partial charge in [-0.2, -0.15) is 0 Å². The number of amides is 1. The SMILES string of the molecule is Cl.Cl.NC(=O)C1CCC1. The number of hydrogen-bond donors (Lipinski definition) is 1. The van der Waals surface area contributed by atoms with Gasteiger partial charge in [-0.15, -0.1) is 24.8 Å². The summed E-state index contributed by atoms with van der Waals surface area (Å²) in [5.74, 6) is 0.103. The minimum atomic E-state index is -0.119. The van der Waals surface area contributed by atoms with Gasteiger partial charge < -0.3 is 5.73 Å². The fourth-order valence-corrected chi connectivity index (χ4v) is 0.693. The monoisotopic (exact) mass is 171 g/mol. The first-order valence-corrected chi connectivity index (χ1v) is 2.60. The van der Waals surface area contributed by atoms with E-state index in [0.717, 1.165) is 12.8 Å². The van der Waals surface area contributed by atoms with Crippen LogP contribution in [-0.2, 0) is 4.79 Å². The van der Waals surface area contributed by atoms with Gasteiger partial charge in [0.15, 0.2) is 0 Å². The molecule has 0 spiro atoms. The number of primary amides is 1. The molecule has 0 unspecified atom stereocenters. The van der Waals surface area contributed by atoms with E-state index in [1.165, 1.54) is 6.42 Å². The largest absolute Gasteiger partial charge is 0.369 e. The lowest BCUT2D eigenvalue weighted by Crippen LogP contribution is -2.28. The molecule has 1 saturated carbocycles. The van der Waals surface area contributed by atoms with Crippen molar-refractivity contribution in [3.63, 3.8) is 0 Å². The lowest BCUT2D eigenvalue weighted by molar-refractivity contribution is -0.124. The summed E-state index contributed by atoms with van der Waals surface area (Å²) in [6.07, 6.45) is 3.23. The van der Waals surface area contributed by atoms with Crippen molar-refractivity contribution in [2.75, 3.05) is 0 Å². The average Bonchev–Trinajstić information content (AvgIpc) is 1.23. The Bertz CT molecular complexity index is 93.0. The van der Waals surface area contributed by atoms with Crippen LogP contribution in [0.1, 0.15) is 19.3 Å². The Kier molecular flexibility index (Phi) is 6.40. The molecule has 0 saturated heterocycles. The van der Waals surface area contributed by atoms with E-state index in [0.29, 0.717) is 0 Å². The molecule has 56 valence electrons. The predicted molar refractivity (Wildman–Crippen MR) is 41.0 cm³/mol. The first-order valence-electron chi connectivity index (χ1n) is 2.60. The molecule has 2 nitrogen and oxygen atoms in total. The van der Waals surface area contributed by atoms with Crippen LogP contribution in [0.3, 0.4) is 0 Å². The van der Waals surface area contributed by atoms with Gasteiger partial charge in [0.05, 0.1) is 0 Å². The van der Waals surface area contributed by atoms with Gasteiger partial charge in [-0.25, -0.2) is 0 Å². The molecule has 0 aromatic heterocycles. The summed E-state index contributed by atoms with van der Waals surface area (Å²) < 4.78 is 0. The molecule has 1 rings (SSSR count). The van der Waals surface area contributed by atoms with E-state index in [9.17, 15) is 4.79 Å². The summed E-state index contributed by atoms with van der Waals surface area (Å²) in [6, 6.07) is 0. The Morgan fingerprint density at radius 3 is 1.78 bits per heavy atom. The van der Waals surface area contributed by atoms with Gasteiger partial charge in [0.2, 0.25) is 5.91 Å². The first kappa shape index (κ1) is 11.8. The van der Waals surface area contributed by atoms with E-state index in [2.05, 4.69) is 0 Å². The number of nitrogens with two attached hydrogens (primary N) is 1. The van der Waals surface area contributed by atoms with Crippen molar-refractivity contribution in [1.82, 2.24) is 0 Å². The number of halogens is 2. The molecule has 0 bridgehead atoms. The van der Waals surface area contributed by atoms with Crippen LogP contribution in [0.5, 0.6) is 0 Å². The predicted octanol–water partition coefficient (Wildman–Crippen LogP) is 1.12. The summed E-state index contributed by atoms with van der Waals surface area (Å²) in [7, 11) is 0. The van der Waals surface area contributed by atoms with E-state index in [-0.39, 0.29) is 36.6 Å². The molecule has 0 aromatic rings. The van der Waals surface area contributed by atoms with Gasteiger partial charge in [-0.1, -0.05) is 6.42 Å². The summed E-state index contributed by atoms with van der Waals surface area (Å²) in [4.78, 5) is 10.2. The molecule has 2 N–H and O–H groups in total. The molecule has 0 atom stereocenters. The third-order valence-corrected chi connectivity index (χ3v) is 1.51. The second kappa shape index (κ2) is 4.89. The third-order valence-electron chi connectivity index (χ3n) is 1.51. The fraction of sp³-hybridized carbons (Fsp3) is 0.800. The van der Waals surface area contributed by atoms with Crippen LogP contribution < -0.4 is 5.73 Å². The van der Waals surface area contributed by atoms with E-state index in [1.54, 1.807) is 0 Å². The quantitative estimate of drug-likeness (QED) is 0.632. The molecule has 0 aliphatic heterocycles. The molecule has 4 heteroatoms. The maximum atomic E-state index is 10.2. The van der Waals surface area contributed by atoms with Crippen molar-refractivity contribution in [3.05, 3.63) is 0 Å². The lowest BCUT2D eigenvalue weighted by atomic mass is 9.85. The molecule has 0 aromatic carbocycles. The zero-order valence-corrected chi connectivity index (χ0v) is 6.63. The van der Waals surface area contributed by atoms with Gasteiger partial charge >= 0.3 is 0 Å². The normalized spacial score (nSPS) is 16.4. The van der Waals surface area contributed by atoms with Crippen LogP contribution in [0.15, 0.2) is 0 Å². The molecule has 0 heterocycles. The van der Waals surface area contributed by atoms with Crippen LogP contribution in [0.2, 0.25) is 0 Å². The van der Waals surface area contributed by atoms with E-state index >= 15 is 0 Å². The van der Waals surface area contributed by atoms with Crippen LogP contribution in [0.4, 0.5) is 0 Å². The highest BCUT2D eigenvalue weighted by Crippen LogP contribution is 2.25. The average molecular weight is 172 g/mol. The van der Waals surface area contributed by atoms with E-state index in [4.69, 9.17) is 5.73 Å². The Balaban J connectivity index is 0. The van der Waals surface area contributed by atoms with Gasteiger partial charge in [-0.05, 0) is 12.8 Å². The molecular weight excluding hydrogens is 161 g/mol. The first-order chi connectivity index (χ1) is 3.30. The number of hydrogen-bond acceptors (Lipinski definition) is 1. The second-order valence-corrected chi connectivity index (χ2v) is 2.03. The van der Waals surface area contributed by atoms with Crippen molar-refractivity contribution >= 4 is 30.7 Å². The van der Waals surface area contributed by atoms with Crippen molar-refractivity contribution < 1.29 is 4.79 Å². The highest BCUT2D eigenvalue weighted by molar-refractivity contribution is 5.85. The van der Waals surface area contributed by atoms with Gasteiger partial charge in [0, 0.05) is 5.92 Å². The highest BCUT2D eigenvalue weighted by Gasteiger charge is 2.21. The van der Waals surface area contributed by atoms with Crippen molar-refractivity contribution in [2.24, 2.45) is 11.7 Å². The van der Waals surface area contributed by atoms with Crippen LogP contribution in [-0.4, -0.2) is 5.91 Å². The summed E-state index contributed by atoms with van der Waals surface area (Å²) in [5, 5.41) is 0. The zero-order chi connectivity index (χ0) is 5.28. The third kappa shape index (κ3) is 2.92. The molecule has 9 heavy (non-hydrogen) atoms. The van der Waals surface area contributed by atoms with Crippen molar-refractivity contribution in [2.45, 2.75) is 19.3 Å². The van der Waals surface area contributed by atoms with Crippen molar-refractivity contribution in [3.8, 4) is 0 Å². The van der Waals surface area contributed by atoms with Gasteiger partial charge in [0.1, 0.15) is 0 Å². The van der Waals surface area contributed by atoms with Gasteiger partial charge in [0.25, 0.3) is 0 Å². The van der Waals surface area contributed by atoms with Crippen LogP contribution in [0.25, 0.3) is 0 Å². The standard InChI is InChI=1S/C5H9NO.2ClH/c6-5(7)4-2-1-3-4;;/h4H,1-3H2,(H2,6,7);2*1H. The fourth-order valence-electron chi connectivity index (χ4n) is 0.693. The smallest absolute Gasteiger partial charge is 0.220 e. The minimum Gasteiger partial charge on any atom is -0.369 e. The number of carbonyl (C=O) groups excluding carboxylic acids is 1. The summed E-state index contributed by atoms with van der Waals surface area (Å²) in [6.45, 7) is 0. The number of rotatable bonds is 1. The maximum Gasteiger partial charge on any atom is 0.220 e. The molecule has 1 aliphatic carbocycles. The topological polar surface area (TPSA) is 43.1 Å².